The van der Waals surface area contributed by atoms with E-state index in [4.69, 9.17) is 4.74 Å². The predicted octanol–water partition coefficient (Wildman–Crippen LogP) is 3.02. The van der Waals surface area contributed by atoms with E-state index in [0.29, 0.717) is 25.9 Å². The Kier molecular flexibility index (Phi) is 8.24. The highest BCUT2D eigenvalue weighted by atomic mass is 32.2. The first-order chi connectivity index (χ1) is 16.4. The quantitative estimate of drug-likeness (QED) is 0.622. The molecule has 2 aromatic rings. The zero-order chi connectivity index (χ0) is 24.0. The van der Waals surface area contributed by atoms with Crippen molar-refractivity contribution in [1.82, 2.24) is 14.5 Å². The molecule has 2 heterocycles. The third-order valence-electron chi connectivity index (χ3n) is 6.93. The average molecular weight is 486 g/mol. The summed E-state index contributed by atoms with van der Waals surface area (Å²) < 4.78 is 32.5. The van der Waals surface area contributed by atoms with Crippen molar-refractivity contribution in [3.63, 3.8) is 0 Å². The molecule has 2 saturated heterocycles. The number of nitrogens with zero attached hydrogens (tertiary/aromatic N) is 2. The topological polar surface area (TPSA) is 79.0 Å². The van der Waals surface area contributed by atoms with Crippen molar-refractivity contribution in [2.75, 3.05) is 33.3 Å². The Morgan fingerprint density at radius 2 is 1.59 bits per heavy atom. The molecule has 2 aliphatic rings. The van der Waals surface area contributed by atoms with E-state index >= 15 is 0 Å². The maximum Gasteiger partial charge on any atom is 0.223 e. The number of ether oxygens (including phenoxy) is 1. The van der Waals surface area contributed by atoms with Gasteiger partial charge in [0, 0.05) is 50.2 Å². The molecule has 2 aliphatic heterocycles. The van der Waals surface area contributed by atoms with Gasteiger partial charge in [0.15, 0.2) is 0 Å². The second kappa shape index (κ2) is 11.3. The maximum absolute atomic E-state index is 12.9. The molecule has 7 nitrogen and oxygen atoms in total. The normalized spacial score (nSPS) is 19.1. The predicted molar refractivity (Wildman–Crippen MR) is 133 cm³/mol. The van der Waals surface area contributed by atoms with Gasteiger partial charge in [-0.05, 0) is 37.3 Å². The fourth-order valence-corrected chi connectivity index (χ4v) is 6.46. The van der Waals surface area contributed by atoms with Gasteiger partial charge in [-0.15, -0.1) is 0 Å². The number of amides is 1. The van der Waals surface area contributed by atoms with E-state index in [0.717, 1.165) is 43.8 Å². The summed E-state index contributed by atoms with van der Waals surface area (Å²) in [4.78, 5) is 15.3. The zero-order valence-electron chi connectivity index (χ0n) is 19.9. The number of carbonyl (C=O) groups excluding carboxylic acids is 1. The first kappa shape index (κ1) is 24.7. The van der Waals surface area contributed by atoms with E-state index in [-0.39, 0.29) is 23.6 Å². The number of benzene rings is 2. The SMILES string of the molecule is COc1ccccc1CN1CCC(NC(=O)C2CCN(S(=O)(=O)Cc3ccccc3)CC2)CC1. The van der Waals surface area contributed by atoms with E-state index < -0.39 is 10.0 Å². The molecule has 2 aromatic carbocycles. The lowest BCUT2D eigenvalue weighted by atomic mass is 9.95. The van der Waals surface area contributed by atoms with Gasteiger partial charge in [0.05, 0.1) is 12.9 Å². The van der Waals surface area contributed by atoms with Crippen LogP contribution in [0.15, 0.2) is 54.6 Å². The smallest absolute Gasteiger partial charge is 0.223 e. The van der Waals surface area contributed by atoms with Crippen molar-refractivity contribution in [2.45, 2.75) is 44.0 Å². The maximum atomic E-state index is 12.9. The van der Waals surface area contributed by atoms with Gasteiger partial charge < -0.3 is 10.1 Å². The highest BCUT2D eigenvalue weighted by molar-refractivity contribution is 7.88. The Balaban J connectivity index is 1.20. The highest BCUT2D eigenvalue weighted by Gasteiger charge is 2.32. The summed E-state index contributed by atoms with van der Waals surface area (Å²) in [6, 6.07) is 17.5. The molecule has 2 fully saturated rings. The van der Waals surface area contributed by atoms with Crippen molar-refractivity contribution < 1.29 is 17.9 Å². The summed E-state index contributed by atoms with van der Waals surface area (Å²) in [5.74, 6) is 0.881. The van der Waals surface area contributed by atoms with Crippen LogP contribution in [0.5, 0.6) is 5.75 Å². The molecular formula is C26H35N3O4S. The lowest BCUT2D eigenvalue weighted by molar-refractivity contribution is -0.127. The minimum Gasteiger partial charge on any atom is -0.496 e. The Morgan fingerprint density at radius 1 is 0.941 bits per heavy atom. The highest BCUT2D eigenvalue weighted by Crippen LogP contribution is 2.24. The zero-order valence-corrected chi connectivity index (χ0v) is 20.7. The molecule has 0 radical (unpaired) electrons. The number of hydrogen-bond donors (Lipinski definition) is 1. The molecule has 0 saturated carbocycles. The summed E-state index contributed by atoms with van der Waals surface area (Å²) in [5, 5.41) is 3.23. The van der Waals surface area contributed by atoms with Crippen LogP contribution in [-0.2, 0) is 27.1 Å². The number of piperidine rings is 2. The molecule has 8 heteroatoms. The molecule has 1 N–H and O–H groups in total. The van der Waals surface area contributed by atoms with Gasteiger partial charge in [-0.3, -0.25) is 9.69 Å². The molecule has 0 unspecified atom stereocenters. The number of sulfonamides is 1. The van der Waals surface area contributed by atoms with Crippen molar-refractivity contribution in [2.24, 2.45) is 5.92 Å². The second-order valence-electron chi connectivity index (χ2n) is 9.29. The van der Waals surface area contributed by atoms with Gasteiger partial charge in [0.2, 0.25) is 15.9 Å². The number of hydrogen-bond acceptors (Lipinski definition) is 5. The Bertz CT molecular complexity index is 1040. The van der Waals surface area contributed by atoms with Gasteiger partial charge >= 0.3 is 0 Å². The van der Waals surface area contributed by atoms with Crippen molar-refractivity contribution in [3.05, 3.63) is 65.7 Å². The van der Waals surface area contributed by atoms with E-state index in [1.165, 1.54) is 5.56 Å². The number of carbonyl (C=O) groups is 1. The summed E-state index contributed by atoms with van der Waals surface area (Å²) in [6.07, 6.45) is 3.00. The van der Waals surface area contributed by atoms with Crippen LogP contribution >= 0.6 is 0 Å². The fourth-order valence-electron chi connectivity index (χ4n) is 4.90. The van der Waals surface area contributed by atoms with Crippen LogP contribution < -0.4 is 10.1 Å². The van der Waals surface area contributed by atoms with Gasteiger partial charge in [-0.2, -0.15) is 0 Å². The lowest BCUT2D eigenvalue weighted by Gasteiger charge is -2.35. The summed E-state index contributed by atoms with van der Waals surface area (Å²) in [5.41, 5.74) is 1.97. The second-order valence-corrected chi connectivity index (χ2v) is 11.3. The molecule has 34 heavy (non-hydrogen) atoms. The molecule has 0 spiro atoms. The van der Waals surface area contributed by atoms with E-state index in [9.17, 15) is 13.2 Å². The first-order valence-electron chi connectivity index (χ1n) is 12.1. The minimum atomic E-state index is -3.36. The van der Waals surface area contributed by atoms with Gasteiger partial charge in [-0.25, -0.2) is 12.7 Å². The minimum absolute atomic E-state index is 0.0120. The Morgan fingerprint density at radius 3 is 2.26 bits per heavy atom. The molecule has 0 atom stereocenters. The van der Waals surface area contributed by atoms with E-state index in [1.807, 2.05) is 48.5 Å². The number of likely N-dealkylation sites (tertiary alicyclic amines) is 1. The Hall–Kier alpha value is -2.42. The number of methoxy groups -OCH3 is 1. The molecular weight excluding hydrogens is 450 g/mol. The van der Waals surface area contributed by atoms with Crippen LogP contribution in [0.25, 0.3) is 0 Å². The third-order valence-corrected chi connectivity index (χ3v) is 8.78. The molecule has 4 rings (SSSR count). The van der Waals surface area contributed by atoms with Gasteiger partial charge in [0.25, 0.3) is 0 Å². The van der Waals surface area contributed by atoms with Crippen molar-refractivity contribution >= 4 is 15.9 Å². The van der Waals surface area contributed by atoms with E-state index in [1.54, 1.807) is 11.4 Å². The van der Waals surface area contributed by atoms with E-state index in [2.05, 4.69) is 16.3 Å². The summed E-state index contributed by atoms with van der Waals surface area (Å²) >= 11 is 0. The number of nitrogens with one attached hydrogen (secondary N) is 1. The lowest BCUT2D eigenvalue weighted by Crippen LogP contribution is -2.48. The summed E-state index contributed by atoms with van der Waals surface area (Å²) in [6.45, 7) is 3.52. The van der Waals surface area contributed by atoms with Crippen LogP contribution in [0, 0.1) is 5.92 Å². The van der Waals surface area contributed by atoms with Crippen LogP contribution in [0.4, 0.5) is 0 Å². The molecule has 0 aromatic heterocycles. The number of rotatable bonds is 8. The molecule has 0 bridgehead atoms. The molecule has 184 valence electrons. The monoisotopic (exact) mass is 485 g/mol. The summed E-state index contributed by atoms with van der Waals surface area (Å²) in [7, 11) is -1.66. The molecule has 1 amide bonds. The van der Waals surface area contributed by atoms with Gasteiger partial charge in [-0.1, -0.05) is 48.5 Å². The third kappa shape index (κ3) is 6.37. The van der Waals surface area contributed by atoms with Crippen LogP contribution in [0.3, 0.4) is 0 Å². The largest absolute Gasteiger partial charge is 0.496 e. The number of para-hydroxylation sites is 1. The van der Waals surface area contributed by atoms with Crippen LogP contribution in [0.2, 0.25) is 0 Å². The van der Waals surface area contributed by atoms with Crippen molar-refractivity contribution in [1.29, 1.82) is 0 Å². The fraction of sp³-hybridized carbons (Fsp3) is 0.500. The average Bonchev–Trinajstić information content (AvgIpc) is 2.86. The molecule has 0 aliphatic carbocycles. The van der Waals surface area contributed by atoms with Crippen LogP contribution in [0.1, 0.15) is 36.8 Å². The first-order valence-corrected chi connectivity index (χ1v) is 13.7. The van der Waals surface area contributed by atoms with Crippen molar-refractivity contribution in [3.8, 4) is 5.75 Å². The Labute approximate surface area is 203 Å². The standard InChI is InChI=1S/C26H35N3O4S/c1-33-25-10-6-5-9-23(25)19-28-15-13-24(14-16-28)27-26(30)22-11-17-29(18-12-22)34(31,32)20-21-7-3-2-4-8-21/h2-10,22,24H,11-20H2,1H3,(H,27,30). The van der Waals surface area contributed by atoms with Gasteiger partial charge in [0.1, 0.15) is 5.75 Å². The van der Waals surface area contributed by atoms with Crippen LogP contribution in [-0.4, -0.2) is 62.9 Å².